The third kappa shape index (κ3) is 3.51. The van der Waals surface area contributed by atoms with Gasteiger partial charge in [0.15, 0.2) is 0 Å². The zero-order valence-electron chi connectivity index (χ0n) is 12.1. The maximum Gasteiger partial charge on any atom is 0.207 e. The second kappa shape index (κ2) is 6.53. The molecule has 3 rings (SSSR count). The fraction of sp³-hybridized carbons (Fsp3) is 0.438. The first-order valence-corrected chi connectivity index (χ1v) is 8.99. The van der Waals surface area contributed by atoms with E-state index in [9.17, 15) is 0 Å². The maximum atomic E-state index is 4.66. The summed E-state index contributed by atoms with van der Waals surface area (Å²) in [6.07, 6.45) is 8.70. The number of nitrogens with one attached hydrogen (secondary N) is 1. The van der Waals surface area contributed by atoms with Gasteiger partial charge in [-0.15, -0.1) is 0 Å². The van der Waals surface area contributed by atoms with Crippen molar-refractivity contribution in [2.75, 3.05) is 5.32 Å². The first-order chi connectivity index (χ1) is 10.1. The van der Waals surface area contributed by atoms with E-state index < -0.39 is 0 Å². The van der Waals surface area contributed by atoms with Crippen LogP contribution in [0.3, 0.4) is 0 Å². The number of imidazole rings is 1. The van der Waals surface area contributed by atoms with Crippen molar-refractivity contribution in [2.45, 2.75) is 45.1 Å². The highest BCUT2D eigenvalue weighted by atomic mass is 79.9. The largest absolute Gasteiger partial charge is 0.325 e. The molecule has 5 heteroatoms. The zero-order valence-corrected chi connectivity index (χ0v) is 15.2. The molecule has 1 aliphatic rings. The second-order valence-electron chi connectivity index (χ2n) is 5.65. The minimum Gasteiger partial charge on any atom is -0.325 e. The number of hydrogen-bond donors (Lipinski definition) is 1. The van der Waals surface area contributed by atoms with Crippen molar-refractivity contribution in [3.05, 3.63) is 39.0 Å². The lowest BCUT2D eigenvalue weighted by Crippen LogP contribution is -2.14. The van der Waals surface area contributed by atoms with E-state index in [1.807, 2.05) is 12.1 Å². The Balaban J connectivity index is 1.87. The molecule has 1 N–H and O–H groups in total. The number of aryl methyl sites for hydroxylation is 1. The monoisotopic (exact) mass is 411 g/mol. The van der Waals surface area contributed by atoms with Crippen molar-refractivity contribution in [3.8, 4) is 0 Å². The summed E-state index contributed by atoms with van der Waals surface area (Å²) in [7, 11) is 0. The lowest BCUT2D eigenvalue weighted by atomic mass is 9.95. The molecular formula is C16H19Br2N3. The molecule has 1 heterocycles. The molecule has 0 amide bonds. The third-order valence-electron chi connectivity index (χ3n) is 4.00. The molecule has 21 heavy (non-hydrogen) atoms. The van der Waals surface area contributed by atoms with Crippen LogP contribution in [0.5, 0.6) is 0 Å². The summed E-state index contributed by atoms with van der Waals surface area (Å²) in [5.41, 5.74) is 2.11. The maximum absolute atomic E-state index is 4.66. The van der Waals surface area contributed by atoms with E-state index >= 15 is 0 Å². The lowest BCUT2D eigenvalue weighted by Gasteiger charge is -2.25. The van der Waals surface area contributed by atoms with Crippen LogP contribution < -0.4 is 5.32 Å². The average Bonchev–Trinajstić information content (AvgIpc) is 2.84. The Morgan fingerprint density at radius 1 is 1.19 bits per heavy atom. The van der Waals surface area contributed by atoms with E-state index in [2.05, 4.69) is 65.9 Å². The first kappa shape index (κ1) is 15.1. The molecule has 2 aromatic rings. The number of rotatable bonds is 3. The van der Waals surface area contributed by atoms with Gasteiger partial charge < -0.3 is 9.88 Å². The van der Waals surface area contributed by atoms with Crippen molar-refractivity contribution in [1.29, 1.82) is 0 Å². The number of benzene rings is 1. The van der Waals surface area contributed by atoms with Crippen LogP contribution in [-0.2, 0) is 0 Å². The van der Waals surface area contributed by atoms with Gasteiger partial charge in [0.25, 0.3) is 0 Å². The predicted octanol–water partition coefficient (Wildman–Crippen LogP) is 5.97. The molecule has 1 fully saturated rings. The topological polar surface area (TPSA) is 29.9 Å². The van der Waals surface area contributed by atoms with Crippen LogP contribution in [-0.4, -0.2) is 9.55 Å². The summed E-state index contributed by atoms with van der Waals surface area (Å²) < 4.78 is 4.42. The molecule has 0 aliphatic heterocycles. The molecule has 3 nitrogen and oxygen atoms in total. The Labute approximate surface area is 142 Å². The van der Waals surface area contributed by atoms with Crippen LogP contribution in [0.25, 0.3) is 0 Å². The number of halogens is 2. The van der Waals surface area contributed by atoms with Crippen LogP contribution >= 0.6 is 31.9 Å². The van der Waals surface area contributed by atoms with Gasteiger partial charge in [-0.25, -0.2) is 4.98 Å². The Bertz CT molecular complexity index is 630. The highest BCUT2D eigenvalue weighted by Crippen LogP contribution is 2.33. The number of nitrogens with zero attached hydrogens (tertiary/aromatic N) is 2. The van der Waals surface area contributed by atoms with Crippen molar-refractivity contribution < 1.29 is 0 Å². The minimum absolute atomic E-state index is 0.580. The smallest absolute Gasteiger partial charge is 0.207 e. The third-order valence-corrected chi connectivity index (χ3v) is 5.15. The Kier molecular flexibility index (Phi) is 4.69. The van der Waals surface area contributed by atoms with Gasteiger partial charge in [0.05, 0.1) is 11.4 Å². The quantitative estimate of drug-likeness (QED) is 0.673. The Hall–Kier alpha value is -0.810. The van der Waals surface area contributed by atoms with Gasteiger partial charge in [-0.2, -0.15) is 0 Å². The molecule has 0 bridgehead atoms. The van der Waals surface area contributed by atoms with Gasteiger partial charge in [-0.05, 0) is 53.9 Å². The average molecular weight is 413 g/mol. The van der Waals surface area contributed by atoms with Gasteiger partial charge in [0.1, 0.15) is 0 Å². The van der Waals surface area contributed by atoms with Gasteiger partial charge in [0.2, 0.25) is 5.95 Å². The predicted molar refractivity (Wildman–Crippen MR) is 94.2 cm³/mol. The van der Waals surface area contributed by atoms with Gasteiger partial charge >= 0.3 is 0 Å². The number of anilines is 2. The minimum atomic E-state index is 0.580. The lowest BCUT2D eigenvalue weighted by molar-refractivity contribution is 0.356. The first-order valence-electron chi connectivity index (χ1n) is 7.41. The molecule has 0 saturated heterocycles. The fourth-order valence-corrected chi connectivity index (χ4v) is 4.10. The second-order valence-corrected chi connectivity index (χ2v) is 7.42. The molecule has 1 aromatic carbocycles. The van der Waals surface area contributed by atoms with Crippen LogP contribution in [0.15, 0.2) is 33.3 Å². The standard InChI is InChI=1S/C16H19Br2N3/c1-11-10-21(13-5-3-2-4-6-13)16(19-11)20-15-8-7-12(17)9-14(15)18/h7-10,13H,2-6H2,1H3,(H,19,20). The summed E-state index contributed by atoms with van der Waals surface area (Å²) in [5.74, 6) is 0.947. The van der Waals surface area contributed by atoms with Gasteiger partial charge in [0, 0.05) is 21.2 Å². The summed E-state index contributed by atoms with van der Waals surface area (Å²) in [4.78, 5) is 4.66. The number of aromatic nitrogens is 2. The molecular weight excluding hydrogens is 394 g/mol. The van der Waals surface area contributed by atoms with Gasteiger partial charge in [-0.3, -0.25) is 0 Å². The fourth-order valence-electron chi connectivity index (χ4n) is 2.96. The molecule has 0 spiro atoms. The Morgan fingerprint density at radius 3 is 2.67 bits per heavy atom. The normalized spacial score (nSPS) is 16.1. The molecule has 1 aliphatic carbocycles. The van der Waals surface area contributed by atoms with Crippen LogP contribution in [0, 0.1) is 6.92 Å². The Morgan fingerprint density at radius 2 is 1.95 bits per heavy atom. The molecule has 0 radical (unpaired) electrons. The molecule has 1 saturated carbocycles. The van der Waals surface area contributed by atoms with E-state index in [1.54, 1.807) is 0 Å². The molecule has 0 atom stereocenters. The highest BCUT2D eigenvalue weighted by molar-refractivity contribution is 9.11. The van der Waals surface area contributed by atoms with E-state index in [-0.39, 0.29) is 0 Å². The van der Waals surface area contributed by atoms with Crippen molar-refractivity contribution >= 4 is 43.5 Å². The van der Waals surface area contributed by atoms with Crippen LogP contribution in [0.2, 0.25) is 0 Å². The zero-order chi connectivity index (χ0) is 14.8. The molecule has 1 aromatic heterocycles. The summed E-state index contributed by atoms with van der Waals surface area (Å²) in [6, 6.07) is 6.72. The number of hydrogen-bond acceptors (Lipinski definition) is 2. The van der Waals surface area contributed by atoms with E-state index in [0.717, 1.165) is 26.3 Å². The van der Waals surface area contributed by atoms with Crippen molar-refractivity contribution in [2.24, 2.45) is 0 Å². The summed E-state index contributed by atoms with van der Waals surface area (Å²) in [5, 5.41) is 3.47. The van der Waals surface area contributed by atoms with E-state index in [1.165, 1.54) is 32.1 Å². The molecule has 112 valence electrons. The van der Waals surface area contributed by atoms with E-state index in [0.29, 0.717) is 6.04 Å². The van der Waals surface area contributed by atoms with Gasteiger partial charge in [-0.1, -0.05) is 35.2 Å². The molecule has 0 unspecified atom stereocenters. The van der Waals surface area contributed by atoms with Crippen molar-refractivity contribution in [3.63, 3.8) is 0 Å². The SMILES string of the molecule is Cc1cn(C2CCCCC2)c(Nc2ccc(Br)cc2Br)n1. The summed E-state index contributed by atoms with van der Waals surface area (Å²) in [6.45, 7) is 2.06. The van der Waals surface area contributed by atoms with Crippen molar-refractivity contribution in [1.82, 2.24) is 9.55 Å². The summed E-state index contributed by atoms with van der Waals surface area (Å²) >= 11 is 7.09. The van der Waals surface area contributed by atoms with Crippen LogP contribution in [0.1, 0.15) is 43.8 Å². The van der Waals surface area contributed by atoms with Crippen LogP contribution in [0.4, 0.5) is 11.6 Å². The highest BCUT2D eigenvalue weighted by Gasteiger charge is 2.19. The van der Waals surface area contributed by atoms with E-state index in [4.69, 9.17) is 0 Å².